The normalized spacial score (nSPS) is 17.9. The summed E-state index contributed by atoms with van der Waals surface area (Å²) in [5, 5.41) is 0. The van der Waals surface area contributed by atoms with E-state index in [2.05, 4.69) is 35.0 Å². The van der Waals surface area contributed by atoms with Crippen LogP contribution < -0.4 is 4.74 Å². The minimum Gasteiger partial charge on any atom is -0.496 e. The molecule has 0 saturated heterocycles. The first-order valence-corrected chi connectivity index (χ1v) is 5.85. The lowest BCUT2D eigenvalue weighted by atomic mass is 9.92. The highest BCUT2D eigenvalue weighted by atomic mass is 79.9. The van der Waals surface area contributed by atoms with Crippen LogP contribution in [0.1, 0.15) is 31.7 Å². The SMILES string of the molecule is CCC1(c2cc(Br)ccc2OC)CC1. The van der Waals surface area contributed by atoms with E-state index in [0.717, 1.165) is 10.2 Å². The molecular weight excluding hydrogens is 240 g/mol. The van der Waals surface area contributed by atoms with Gasteiger partial charge in [-0.25, -0.2) is 0 Å². The van der Waals surface area contributed by atoms with Crippen LogP contribution in [-0.2, 0) is 5.41 Å². The first-order valence-electron chi connectivity index (χ1n) is 5.06. The first kappa shape index (κ1) is 10.0. The zero-order valence-corrected chi connectivity index (χ0v) is 10.2. The predicted octanol–water partition coefficient (Wildman–Crippen LogP) is 3.90. The van der Waals surface area contributed by atoms with Crippen LogP contribution in [-0.4, -0.2) is 7.11 Å². The van der Waals surface area contributed by atoms with E-state index in [0.29, 0.717) is 5.41 Å². The highest BCUT2D eigenvalue weighted by molar-refractivity contribution is 9.10. The average molecular weight is 255 g/mol. The largest absolute Gasteiger partial charge is 0.496 e. The van der Waals surface area contributed by atoms with Crippen LogP contribution >= 0.6 is 15.9 Å². The Morgan fingerprint density at radius 1 is 1.43 bits per heavy atom. The molecule has 0 aromatic heterocycles. The minimum absolute atomic E-state index is 0.412. The van der Waals surface area contributed by atoms with Crippen molar-refractivity contribution in [1.29, 1.82) is 0 Å². The van der Waals surface area contributed by atoms with Gasteiger partial charge >= 0.3 is 0 Å². The molecule has 14 heavy (non-hydrogen) atoms. The second-order valence-corrected chi connectivity index (χ2v) is 4.89. The molecular formula is C12H15BrO. The quantitative estimate of drug-likeness (QED) is 0.795. The van der Waals surface area contributed by atoms with Gasteiger partial charge in [0.1, 0.15) is 5.75 Å². The summed E-state index contributed by atoms with van der Waals surface area (Å²) >= 11 is 3.52. The van der Waals surface area contributed by atoms with E-state index in [1.807, 2.05) is 6.07 Å². The van der Waals surface area contributed by atoms with Crippen LogP contribution in [0.15, 0.2) is 22.7 Å². The van der Waals surface area contributed by atoms with Gasteiger partial charge in [0, 0.05) is 10.0 Å². The van der Waals surface area contributed by atoms with Crippen molar-refractivity contribution < 1.29 is 4.74 Å². The summed E-state index contributed by atoms with van der Waals surface area (Å²) in [6.07, 6.45) is 3.81. The van der Waals surface area contributed by atoms with E-state index in [4.69, 9.17) is 4.74 Å². The molecule has 1 aliphatic carbocycles. The molecule has 0 radical (unpaired) electrons. The molecule has 0 aliphatic heterocycles. The Morgan fingerprint density at radius 2 is 2.14 bits per heavy atom. The fraction of sp³-hybridized carbons (Fsp3) is 0.500. The maximum Gasteiger partial charge on any atom is 0.122 e. The second-order valence-electron chi connectivity index (χ2n) is 3.98. The van der Waals surface area contributed by atoms with Gasteiger partial charge < -0.3 is 4.74 Å². The number of hydrogen-bond acceptors (Lipinski definition) is 1. The number of halogens is 1. The predicted molar refractivity (Wildman–Crippen MR) is 61.9 cm³/mol. The number of hydrogen-bond donors (Lipinski definition) is 0. The number of rotatable bonds is 3. The summed E-state index contributed by atoms with van der Waals surface area (Å²) in [7, 11) is 1.75. The summed E-state index contributed by atoms with van der Waals surface area (Å²) in [6.45, 7) is 2.26. The number of methoxy groups -OCH3 is 1. The highest BCUT2D eigenvalue weighted by Gasteiger charge is 2.44. The minimum atomic E-state index is 0.412. The molecule has 1 saturated carbocycles. The van der Waals surface area contributed by atoms with Gasteiger partial charge in [-0.3, -0.25) is 0 Å². The molecule has 0 unspecified atom stereocenters. The van der Waals surface area contributed by atoms with Crippen molar-refractivity contribution in [1.82, 2.24) is 0 Å². The van der Waals surface area contributed by atoms with Crippen LogP contribution in [0.2, 0.25) is 0 Å². The molecule has 76 valence electrons. The number of ether oxygens (including phenoxy) is 1. The Hall–Kier alpha value is -0.500. The van der Waals surface area contributed by atoms with Crippen LogP contribution in [0.4, 0.5) is 0 Å². The van der Waals surface area contributed by atoms with Crippen LogP contribution in [0.5, 0.6) is 5.75 Å². The molecule has 0 spiro atoms. The smallest absolute Gasteiger partial charge is 0.122 e. The fourth-order valence-electron chi connectivity index (χ4n) is 2.06. The van der Waals surface area contributed by atoms with Crippen molar-refractivity contribution in [3.8, 4) is 5.75 Å². The molecule has 1 nitrogen and oxygen atoms in total. The highest BCUT2D eigenvalue weighted by Crippen LogP contribution is 2.54. The molecule has 1 aromatic carbocycles. The molecule has 0 atom stereocenters. The lowest BCUT2D eigenvalue weighted by Gasteiger charge is -2.17. The van der Waals surface area contributed by atoms with Crippen LogP contribution in [0.3, 0.4) is 0 Å². The summed E-state index contributed by atoms with van der Waals surface area (Å²) in [4.78, 5) is 0. The van der Waals surface area contributed by atoms with Crippen LogP contribution in [0, 0.1) is 0 Å². The molecule has 0 heterocycles. The van der Waals surface area contributed by atoms with Crippen molar-refractivity contribution in [2.24, 2.45) is 0 Å². The van der Waals surface area contributed by atoms with Crippen molar-refractivity contribution in [2.75, 3.05) is 7.11 Å². The van der Waals surface area contributed by atoms with Crippen molar-refractivity contribution in [3.05, 3.63) is 28.2 Å². The van der Waals surface area contributed by atoms with Crippen molar-refractivity contribution in [2.45, 2.75) is 31.6 Å². The number of benzene rings is 1. The zero-order valence-electron chi connectivity index (χ0n) is 8.64. The fourth-order valence-corrected chi connectivity index (χ4v) is 2.42. The van der Waals surface area contributed by atoms with Gasteiger partial charge in [0.2, 0.25) is 0 Å². The zero-order chi connectivity index (χ0) is 10.2. The standard InChI is InChI=1S/C12H15BrO/c1-3-12(6-7-12)10-8-9(13)4-5-11(10)14-2/h4-5,8H,3,6-7H2,1-2H3. The molecule has 2 rings (SSSR count). The lowest BCUT2D eigenvalue weighted by Crippen LogP contribution is -2.06. The third-order valence-electron chi connectivity index (χ3n) is 3.26. The van der Waals surface area contributed by atoms with E-state index in [9.17, 15) is 0 Å². The average Bonchev–Trinajstić information content (AvgIpc) is 2.98. The molecule has 1 fully saturated rings. The van der Waals surface area contributed by atoms with E-state index in [-0.39, 0.29) is 0 Å². The Balaban J connectivity index is 2.44. The van der Waals surface area contributed by atoms with Gasteiger partial charge in [-0.1, -0.05) is 22.9 Å². The molecule has 1 aliphatic rings. The summed E-state index contributed by atoms with van der Waals surface area (Å²) in [5.74, 6) is 1.03. The Labute approximate surface area is 93.6 Å². The topological polar surface area (TPSA) is 9.23 Å². The van der Waals surface area contributed by atoms with Crippen LogP contribution in [0.25, 0.3) is 0 Å². The third-order valence-corrected chi connectivity index (χ3v) is 3.76. The van der Waals surface area contributed by atoms with Crippen molar-refractivity contribution >= 4 is 15.9 Å². The van der Waals surface area contributed by atoms with Gasteiger partial charge in [-0.05, 0) is 42.9 Å². The monoisotopic (exact) mass is 254 g/mol. The maximum absolute atomic E-state index is 5.41. The van der Waals surface area contributed by atoms with Crippen molar-refractivity contribution in [3.63, 3.8) is 0 Å². The molecule has 2 heteroatoms. The van der Waals surface area contributed by atoms with Gasteiger partial charge in [0.15, 0.2) is 0 Å². The molecule has 0 bridgehead atoms. The van der Waals surface area contributed by atoms with E-state index in [1.165, 1.54) is 24.8 Å². The third kappa shape index (κ3) is 1.56. The van der Waals surface area contributed by atoms with E-state index >= 15 is 0 Å². The first-order chi connectivity index (χ1) is 6.72. The summed E-state index contributed by atoms with van der Waals surface area (Å²) in [5.41, 5.74) is 1.78. The molecule has 0 N–H and O–H groups in total. The van der Waals surface area contributed by atoms with Gasteiger partial charge in [0.05, 0.1) is 7.11 Å². The summed E-state index contributed by atoms with van der Waals surface area (Å²) < 4.78 is 6.55. The summed E-state index contributed by atoms with van der Waals surface area (Å²) in [6, 6.07) is 6.29. The maximum atomic E-state index is 5.41. The van der Waals surface area contributed by atoms with E-state index < -0.39 is 0 Å². The van der Waals surface area contributed by atoms with E-state index in [1.54, 1.807) is 7.11 Å². The Morgan fingerprint density at radius 3 is 2.64 bits per heavy atom. The lowest BCUT2D eigenvalue weighted by molar-refractivity contribution is 0.402. The van der Waals surface area contributed by atoms with Gasteiger partial charge in [-0.2, -0.15) is 0 Å². The van der Waals surface area contributed by atoms with Gasteiger partial charge in [-0.15, -0.1) is 0 Å². The Bertz CT molecular complexity index is 342. The molecule has 1 aromatic rings. The molecule has 0 amide bonds. The van der Waals surface area contributed by atoms with Gasteiger partial charge in [0.25, 0.3) is 0 Å². The second kappa shape index (κ2) is 3.58. The Kier molecular flexibility index (Phi) is 2.56.